The van der Waals surface area contributed by atoms with Gasteiger partial charge in [-0.25, -0.2) is 4.39 Å². The highest BCUT2D eigenvalue weighted by Crippen LogP contribution is 2.29. The lowest BCUT2D eigenvalue weighted by Crippen LogP contribution is -1.99. The fourth-order valence-corrected chi connectivity index (χ4v) is 2.55. The lowest BCUT2D eigenvalue weighted by Gasteiger charge is -2.14. The molecule has 0 aliphatic heterocycles. The van der Waals surface area contributed by atoms with Gasteiger partial charge in [-0.05, 0) is 68.4 Å². The first kappa shape index (κ1) is 25.8. The molecule has 0 aromatic heterocycles. The van der Waals surface area contributed by atoms with E-state index in [1.165, 1.54) is 30.0 Å². The number of unbranched alkanes of at least 4 members (excludes halogenated alkanes) is 1. The van der Waals surface area contributed by atoms with E-state index in [-0.39, 0.29) is 5.56 Å². The summed E-state index contributed by atoms with van der Waals surface area (Å²) in [5, 5.41) is 8.81. The van der Waals surface area contributed by atoms with Gasteiger partial charge in [0.2, 0.25) is 0 Å². The summed E-state index contributed by atoms with van der Waals surface area (Å²) in [6.45, 7) is 8.65. The molecular weight excluding hydrogens is 347 g/mol. The van der Waals surface area contributed by atoms with Crippen molar-refractivity contribution in [3.8, 4) is 17.2 Å². The van der Waals surface area contributed by atoms with Crippen LogP contribution in [0, 0.1) is 17.1 Å². The molecule has 0 fully saturated rings. The number of nitrogens with zero attached hydrogens (tertiary/aromatic N) is 2. The fourth-order valence-electron chi connectivity index (χ4n) is 2.55. The molecule has 3 heteroatoms. The lowest BCUT2D eigenvalue weighted by molar-refractivity contribution is 0.505. The maximum Gasteiger partial charge on any atom is 0.141 e. The molecule has 0 radical (unpaired) electrons. The van der Waals surface area contributed by atoms with E-state index >= 15 is 0 Å². The zero-order chi connectivity index (χ0) is 21.5. The van der Waals surface area contributed by atoms with Crippen LogP contribution in [-0.4, -0.2) is 26.0 Å². The minimum absolute atomic E-state index is 0.0948. The van der Waals surface area contributed by atoms with Gasteiger partial charge in [0.05, 0.1) is 5.56 Å². The van der Waals surface area contributed by atoms with E-state index in [9.17, 15) is 4.39 Å². The van der Waals surface area contributed by atoms with Crippen molar-refractivity contribution in [3.63, 3.8) is 0 Å². The molecule has 2 rings (SSSR count). The average Bonchev–Trinajstić information content (AvgIpc) is 2.68. The molecule has 154 valence electrons. The Kier molecular flexibility index (Phi) is 13.7. The van der Waals surface area contributed by atoms with Crippen LogP contribution < -0.4 is 0 Å². The van der Waals surface area contributed by atoms with E-state index in [0.29, 0.717) is 0 Å². The summed E-state index contributed by atoms with van der Waals surface area (Å²) >= 11 is 0. The molecule has 0 atom stereocenters. The van der Waals surface area contributed by atoms with Gasteiger partial charge in [0.25, 0.3) is 0 Å². The van der Waals surface area contributed by atoms with E-state index in [1.807, 2.05) is 50.3 Å². The van der Waals surface area contributed by atoms with Gasteiger partial charge in [0.15, 0.2) is 0 Å². The highest BCUT2D eigenvalue weighted by Gasteiger charge is 2.10. The molecule has 0 amide bonds. The smallest absolute Gasteiger partial charge is 0.141 e. The molecule has 0 saturated heterocycles. The van der Waals surface area contributed by atoms with Crippen LogP contribution in [0.4, 0.5) is 4.39 Å². The molecule has 0 heterocycles. The molecule has 0 unspecified atom stereocenters. The molecule has 2 nitrogen and oxygen atoms in total. The monoisotopic (exact) mass is 384 g/mol. The number of hydrogen-bond donors (Lipinski definition) is 0. The second-order valence-corrected chi connectivity index (χ2v) is 7.19. The largest absolute Gasteiger partial charge is 0.312 e. The second-order valence-electron chi connectivity index (χ2n) is 7.19. The standard InChI is InChI=1S/C18H18FN.C4H10.C3H9N/c1-3-6-16-13(4-2)7-5-8-17(16)14-9-10-15(12-20)18(19)11-14;1-3-4-2;1-4(2)3/h5,7-11H,3-4,6H2,1-2H3;3-4H2,1-2H3;1-3H3. The zero-order valence-corrected chi connectivity index (χ0v) is 18.8. The second kappa shape index (κ2) is 14.8. The van der Waals surface area contributed by atoms with Gasteiger partial charge in [-0.3, -0.25) is 0 Å². The molecular formula is C25H37FN2. The Labute approximate surface area is 172 Å². The molecule has 0 spiro atoms. The molecule has 0 aliphatic rings. The van der Waals surface area contributed by atoms with Crippen LogP contribution in [0.1, 0.15) is 63.6 Å². The number of hydrogen-bond acceptors (Lipinski definition) is 2. The van der Waals surface area contributed by atoms with Crippen molar-refractivity contribution in [2.24, 2.45) is 0 Å². The van der Waals surface area contributed by atoms with E-state index in [4.69, 9.17) is 5.26 Å². The van der Waals surface area contributed by atoms with Gasteiger partial charge in [0, 0.05) is 0 Å². The Hall–Kier alpha value is -2.18. The Morgan fingerprint density at radius 3 is 1.96 bits per heavy atom. The van der Waals surface area contributed by atoms with Gasteiger partial charge in [-0.2, -0.15) is 5.26 Å². The van der Waals surface area contributed by atoms with Gasteiger partial charge in [-0.1, -0.05) is 71.2 Å². The highest BCUT2D eigenvalue weighted by molar-refractivity contribution is 5.69. The fraction of sp³-hybridized carbons (Fsp3) is 0.480. The quantitative estimate of drug-likeness (QED) is 0.563. The van der Waals surface area contributed by atoms with Crippen LogP contribution in [0.5, 0.6) is 0 Å². The van der Waals surface area contributed by atoms with E-state index in [0.717, 1.165) is 30.4 Å². The van der Waals surface area contributed by atoms with Crippen LogP contribution in [0.25, 0.3) is 11.1 Å². The van der Waals surface area contributed by atoms with Crippen molar-refractivity contribution >= 4 is 0 Å². The SMILES string of the molecule is CCCC.CCCc1c(CC)cccc1-c1ccc(C#N)c(F)c1.CN(C)C. The van der Waals surface area contributed by atoms with Crippen molar-refractivity contribution in [2.45, 2.75) is 59.8 Å². The first-order chi connectivity index (χ1) is 13.4. The summed E-state index contributed by atoms with van der Waals surface area (Å²) in [6.07, 6.45) is 5.66. The third kappa shape index (κ3) is 9.15. The summed E-state index contributed by atoms with van der Waals surface area (Å²) in [6, 6.07) is 12.9. The number of halogens is 1. The summed E-state index contributed by atoms with van der Waals surface area (Å²) in [7, 11) is 6.00. The predicted octanol–water partition coefficient (Wildman–Crippen LogP) is 6.86. The number of benzene rings is 2. The topological polar surface area (TPSA) is 27.0 Å². The molecule has 0 bridgehead atoms. The average molecular weight is 385 g/mol. The number of rotatable bonds is 5. The van der Waals surface area contributed by atoms with E-state index < -0.39 is 5.82 Å². The molecule has 0 N–H and O–H groups in total. The Balaban J connectivity index is 0.000000776. The summed E-state index contributed by atoms with van der Waals surface area (Å²) in [4.78, 5) is 2.00. The van der Waals surface area contributed by atoms with Crippen molar-refractivity contribution in [3.05, 3.63) is 58.9 Å². The summed E-state index contributed by atoms with van der Waals surface area (Å²) < 4.78 is 13.8. The minimum atomic E-state index is -0.450. The number of nitriles is 1. The van der Waals surface area contributed by atoms with Gasteiger partial charge < -0.3 is 4.90 Å². The van der Waals surface area contributed by atoms with Crippen molar-refractivity contribution in [1.82, 2.24) is 4.90 Å². The summed E-state index contributed by atoms with van der Waals surface area (Å²) in [5.74, 6) is -0.450. The van der Waals surface area contributed by atoms with Crippen LogP contribution in [0.2, 0.25) is 0 Å². The molecule has 2 aromatic rings. The van der Waals surface area contributed by atoms with Gasteiger partial charge in [0.1, 0.15) is 11.9 Å². The van der Waals surface area contributed by atoms with Gasteiger partial charge >= 0.3 is 0 Å². The van der Waals surface area contributed by atoms with E-state index in [1.54, 1.807) is 6.07 Å². The van der Waals surface area contributed by atoms with Crippen molar-refractivity contribution in [2.75, 3.05) is 21.1 Å². The summed E-state index contributed by atoms with van der Waals surface area (Å²) in [5.41, 5.74) is 4.63. The first-order valence-electron chi connectivity index (χ1n) is 10.3. The molecule has 0 saturated carbocycles. The van der Waals surface area contributed by atoms with Crippen molar-refractivity contribution in [1.29, 1.82) is 5.26 Å². The maximum atomic E-state index is 13.8. The third-order valence-electron chi connectivity index (χ3n) is 4.05. The Morgan fingerprint density at radius 1 is 0.929 bits per heavy atom. The lowest BCUT2D eigenvalue weighted by atomic mass is 9.91. The molecule has 2 aromatic carbocycles. The number of aryl methyl sites for hydroxylation is 1. The van der Waals surface area contributed by atoms with Gasteiger partial charge in [-0.15, -0.1) is 0 Å². The Bertz CT molecular complexity index is 725. The zero-order valence-electron chi connectivity index (χ0n) is 18.8. The molecule has 0 aliphatic carbocycles. The van der Waals surface area contributed by atoms with E-state index in [2.05, 4.69) is 33.8 Å². The minimum Gasteiger partial charge on any atom is -0.312 e. The maximum absolute atomic E-state index is 13.8. The Morgan fingerprint density at radius 2 is 1.54 bits per heavy atom. The molecule has 28 heavy (non-hydrogen) atoms. The van der Waals surface area contributed by atoms with Crippen LogP contribution in [0.15, 0.2) is 36.4 Å². The third-order valence-corrected chi connectivity index (χ3v) is 4.05. The predicted molar refractivity (Wildman–Crippen MR) is 120 cm³/mol. The van der Waals surface area contributed by atoms with Crippen LogP contribution in [-0.2, 0) is 12.8 Å². The van der Waals surface area contributed by atoms with Crippen LogP contribution in [0.3, 0.4) is 0 Å². The first-order valence-corrected chi connectivity index (χ1v) is 10.3. The highest BCUT2D eigenvalue weighted by atomic mass is 19.1. The van der Waals surface area contributed by atoms with Crippen LogP contribution >= 0.6 is 0 Å². The van der Waals surface area contributed by atoms with Crippen molar-refractivity contribution < 1.29 is 4.39 Å². The normalized spacial score (nSPS) is 9.71.